The minimum atomic E-state index is -0.208. The molecule has 2 rings (SSSR count). The number of ether oxygens (including phenoxy) is 3. The molecule has 1 aromatic carbocycles. The number of methoxy groups -OCH3 is 1. The summed E-state index contributed by atoms with van der Waals surface area (Å²) >= 11 is 0. The molecule has 1 saturated heterocycles. The summed E-state index contributed by atoms with van der Waals surface area (Å²) in [6.45, 7) is 2.74. The highest BCUT2D eigenvalue weighted by Gasteiger charge is 2.20. The third-order valence-corrected chi connectivity index (χ3v) is 3.58. The maximum absolute atomic E-state index is 11.7. The molecule has 0 saturated carbocycles. The van der Waals surface area contributed by atoms with Gasteiger partial charge in [0, 0.05) is 6.42 Å². The van der Waals surface area contributed by atoms with E-state index in [9.17, 15) is 4.79 Å². The van der Waals surface area contributed by atoms with Crippen LogP contribution in [0.5, 0.6) is 5.75 Å². The topological polar surface area (TPSA) is 44.8 Å². The molecule has 2 unspecified atom stereocenters. The zero-order chi connectivity index (χ0) is 14.4. The molecule has 1 aromatic rings. The number of hydrogen-bond acceptors (Lipinski definition) is 4. The fourth-order valence-electron chi connectivity index (χ4n) is 2.42. The van der Waals surface area contributed by atoms with Crippen LogP contribution in [0, 0.1) is 0 Å². The summed E-state index contributed by atoms with van der Waals surface area (Å²) in [5.74, 6) is 0.372. The van der Waals surface area contributed by atoms with Crippen molar-refractivity contribution in [2.24, 2.45) is 0 Å². The number of hydrogen-bond donors (Lipinski definition) is 0. The lowest BCUT2D eigenvalue weighted by atomic mass is 9.97. The van der Waals surface area contributed by atoms with Crippen LogP contribution in [0.2, 0.25) is 0 Å². The third-order valence-electron chi connectivity index (χ3n) is 3.58. The molecule has 0 spiro atoms. The van der Waals surface area contributed by atoms with Gasteiger partial charge in [0.2, 0.25) is 0 Å². The first-order valence-electron chi connectivity index (χ1n) is 7.20. The highest BCUT2D eigenvalue weighted by atomic mass is 16.7. The van der Waals surface area contributed by atoms with Gasteiger partial charge in [-0.25, -0.2) is 0 Å². The Kier molecular flexibility index (Phi) is 5.41. The zero-order valence-electron chi connectivity index (χ0n) is 12.1. The lowest BCUT2D eigenvalue weighted by Gasteiger charge is -2.23. The Balaban J connectivity index is 1.99. The summed E-state index contributed by atoms with van der Waals surface area (Å²) in [6.07, 6.45) is 3.76. The van der Waals surface area contributed by atoms with Crippen LogP contribution in [-0.4, -0.2) is 26.0 Å². The number of esters is 1. The highest BCUT2D eigenvalue weighted by molar-refractivity contribution is 5.78. The molecule has 1 aliphatic rings. The van der Waals surface area contributed by atoms with Crippen molar-refractivity contribution in [2.75, 3.05) is 13.7 Å². The molecule has 1 aliphatic heterocycles. The summed E-state index contributed by atoms with van der Waals surface area (Å²) in [5.41, 5.74) is 0.955. The number of rotatable bonds is 5. The van der Waals surface area contributed by atoms with E-state index in [-0.39, 0.29) is 18.2 Å². The van der Waals surface area contributed by atoms with Crippen molar-refractivity contribution in [1.82, 2.24) is 0 Å². The molecule has 0 aromatic heterocycles. The minimum absolute atomic E-state index is 0.142. The normalized spacial score (nSPS) is 20.2. The fraction of sp³-hybridized carbons (Fsp3) is 0.562. The van der Waals surface area contributed by atoms with Crippen LogP contribution in [0.15, 0.2) is 24.3 Å². The second-order valence-corrected chi connectivity index (χ2v) is 4.97. The Morgan fingerprint density at radius 3 is 2.65 bits per heavy atom. The molecule has 1 fully saturated rings. The van der Waals surface area contributed by atoms with Crippen molar-refractivity contribution >= 4 is 5.97 Å². The van der Waals surface area contributed by atoms with Gasteiger partial charge in [0.05, 0.1) is 19.6 Å². The second-order valence-electron chi connectivity index (χ2n) is 4.97. The van der Waals surface area contributed by atoms with Gasteiger partial charge in [0.25, 0.3) is 0 Å². The molecular formula is C16H22O4. The molecule has 0 radical (unpaired) electrons. The van der Waals surface area contributed by atoms with Crippen LogP contribution in [0.3, 0.4) is 0 Å². The summed E-state index contributed by atoms with van der Waals surface area (Å²) < 4.78 is 16.1. The smallest absolute Gasteiger partial charge is 0.313 e. The van der Waals surface area contributed by atoms with Crippen molar-refractivity contribution in [3.63, 3.8) is 0 Å². The van der Waals surface area contributed by atoms with Gasteiger partial charge in [-0.3, -0.25) is 4.79 Å². The molecule has 0 N–H and O–H groups in total. The van der Waals surface area contributed by atoms with Gasteiger partial charge in [-0.2, -0.15) is 0 Å². The summed E-state index contributed by atoms with van der Waals surface area (Å²) in [4.78, 5) is 11.7. The minimum Gasteiger partial charge on any atom is -0.469 e. The Bertz CT molecular complexity index is 421. The second kappa shape index (κ2) is 7.29. The standard InChI is InChI=1S/C16H22O4/c1-3-14(16(17)18-2)12-7-9-13(10-8-12)20-15-6-4-5-11-19-15/h7-10,14-15H,3-6,11H2,1-2H3. The van der Waals surface area contributed by atoms with Gasteiger partial charge < -0.3 is 14.2 Å². The highest BCUT2D eigenvalue weighted by Crippen LogP contribution is 2.25. The lowest BCUT2D eigenvalue weighted by molar-refractivity contribution is -0.142. The number of carbonyl (C=O) groups excluding carboxylic acids is 1. The average Bonchev–Trinajstić information content (AvgIpc) is 2.50. The maximum atomic E-state index is 11.7. The Hall–Kier alpha value is -1.55. The van der Waals surface area contributed by atoms with Crippen LogP contribution in [0.1, 0.15) is 44.1 Å². The van der Waals surface area contributed by atoms with Gasteiger partial charge in [-0.05, 0) is 37.0 Å². The van der Waals surface area contributed by atoms with Crippen molar-refractivity contribution in [3.8, 4) is 5.75 Å². The van der Waals surface area contributed by atoms with E-state index >= 15 is 0 Å². The first kappa shape index (κ1) is 14.9. The lowest BCUT2D eigenvalue weighted by Crippen LogP contribution is -2.25. The van der Waals surface area contributed by atoms with Gasteiger partial charge >= 0.3 is 5.97 Å². The van der Waals surface area contributed by atoms with E-state index in [0.29, 0.717) is 0 Å². The largest absolute Gasteiger partial charge is 0.469 e. The van der Waals surface area contributed by atoms with Crippen LogP contribution in [-0.2, 0) is 14.3 Å². The van der Waals surface area contributed by atoms with Gasteiger partial charge in [0.1, 0.15) is 5.75 Å². The molecule has 0 aliphatic carbocycles. The van der Waals surface area contributed by atoms with Crippen LogP contribution in [0.4, 0.5) is 0 Å². The van der Waals surface area contributed by atoms with Gasteiger partial charge in [-0.15, -0.1) is 0 Å². The molecule has 110 valence electrons. The molecule has 20 heavy (non-hydrogen) atoms. The van der Waals surface area contributed by atoms with E-state index in [1.54, 1.807) is 0 Å². The Labute approximate surface area is 120 Å². The van der Waals surface area contributed by atoms with E-state index in [0.717, 1.165) is 43.6 Å². The predicted octanol–water partition coefficient (Wildman–Crippen LogP) is 3.26. The third kappa shape index (κ3) is 3.73. The molecule has 4 heteroatoms. The molecule has 2 atom stereocenters. The van der Waals surface area contributed by atoms with Crippen LogP contribution in [0.25, 0.3) is 0 Å². The molecule has 0 bridgehead atoms. The van der Waals surface area contributed by atoms with Crippen molar-refractivity contribution in [3.05, 3.63) is 29.8 Å². The summed E-state index contributed by atoms with van der Waals surface area (Å²) in [7, 11) is 1.42. The van der Waals surface area contributed by atoms with E-state index in [4.69, 9.17) is 14.2 Å². The summed E-state index contributed by atoms with van der Waals surface area (Å²) in [6, 6.07) is 7.62. The predicted molar refractivity (Wildman–Crippen MR) is 75.7 cm³/mol. The molecular weight excluding hydrogens is 256 g/mol. The van der Waals surface area contributed by atoms with E-state index in [2.05, 4.69) is 0 Å². The van der Waals surface area contributed by atoms with Crippen molar-refractivity contribution < 1.29 is 19.0 Å². The monoisotopic (exact) mass is 278 g/mol. The quantitative estimate of drug-likeness (QED) is 0.775. The number of carbonyl (C=O) groups is 1. The first-order chi connectivity index (χ1) is 9.74. The average molecular weight is 278 g/mol. The first-order valence-corrected chi connectivity index (χ1v) is 7.20. The van der Waals surface area contributed by atoms with E-state index in [1.807, 2.05) is 31.2 Å². The van der Waals surface area contributed by atoms with Crippen LogP contribution >= 0.6 is 0 Å². The molecule has 1 heterocycles. The number of benzene rings is 1. The van der Waals surface area contributed by atoms with Crippen molar-refractivity contribution in [1.29, 1.82) is 0 Å². The molecule has 0 amide bonds. The van der Waals surface area contributed by atoms with Gasteiger partial charge in [0.15, 0.2) is 6.29 Å². The zero-order valence-corrected chi connectivity index (χ0v) is 12.1. The van der Waals surface area contributed by atoms with Crippen molar-refractivity contribution in [2.45, 2.75) is 44.8 Å². The Morgan fingerprint density at radius 2 is 2.10 bits per heavy atom. The molecule has 4 nitrogen and oxygen atoms in total. The maximum Gasteiger partial charge on any atom is 0.313 e. The summed E-state index contributed by atoms with van der Waals surface area (Å²) in [5, 5.41) is 0. The van der Waals surface area contributed by atoms with E-state index < -0.39 is 0 Å². The van der Waals surface area contributed by atoms with Crippen LogP contribution < -0.4 is 4.74 Å². The Morgan fingerprint density at radius 1 is 1.35 bits per heavy atom. The van der Waals surface area contributed by atoms with Gasteiger partial charge in [-0.1, -0.05) is 19.1 Å². The fourth-order valence-corrected chi connectivity index (χ4v) is 2.42. The van der Waals surface area contributed by atoms with E-state index in [1.165, 1.54) is 7.11 Å². The SMILES string of the molecule is CCC(C(=O)OC)c1ccc(OC2CCCCO2)cc1.